The molecule has 5 rings (SSSR count). The van der Waals surface area contributed by atoms with Gasteiger partial charge in [-0.1, -0.05) is 42.5 Å². The van der Waals surface area contributed by atoms with Gasteiger partial charge in [-0.05, 0) is 36.4 Å². The number of pyridine rings is 1. The smallest absolute Gasteiger partial charge is 0.228 e. The number of benzene rings is 2. The molecule has 0 spiro atoms. The van der Waals surface area contributed by atoms with Gasteiger partial charge < -0.3 is 14.5 Å². The molecular weight excluding hydrogens is 414 g/mol. The summed E-state index contributed by atoms with van der Waals surface area (Å²) in [6.07, 6.45) is 6.93. The highest BCUT2D eigenvalue weighted by Crippen LogP contribution is 2.34. The van der Waals surface area contributed by atoms with Gasteiger partial charge >= 0.3 is 0 Å². The molecule has 0 radical (unpaired) electrons. The summed E-state index contributed by atoms with van der Waals surface area (Å²) in [6, 6.07) is 15.8. The van der Waals surface area contributed by atoms with Crippen LogP contribution in [0, 0.1) is 5.92 Å². The molecule has 0 aliphatic carbocycles. The predicted molar refractivity (Wildman–Crippen MR) is 129 cm³/mol. The summed E-state index contributed by atoms with van der Waals surface area (Å²) >= 11 is 0. The number of fused-ring (bicyclic) bond motifs is 1. The van der Waals surface area contributed by atoms with Crippen molar-refractivity contribution in [3.63, 3.8) is 0 Å². The van der Waals surface area contributed by atoms with E-state index in [4.69, 9.17) is 4.74 Å². The number of ether oxygens (including phenoxy) is 1. The zero-order chi connectivity index (χ0) is 22.8. The lowest BCUT2D eigenvalue weighted by molar-refractivity contribution is -0.135. The van der Waals surface area contributed by atoms with Crippen molar-refractivity contribution in [3.8, 4) is 5.75 Å². The van der Waals surface area contributed by atoms with Crippen molar-refractivity contribution in [1.29, 1.82) is 0 Å². The van der Waals surface area contributed by atoms with E-state index in [-0.39, 0.29) is 24.2 Å². The normalized spacial score (nSPS) is 18.5. The molecule has 1 atom stereocenters. The summed E-state index contributed by atoms with van der Waals surface area (Å²) in [5, 5.41) is 2.30. The fourth-order valence-electron chi connectivity index (χ4n) is 4.81. The van der Waals surface area contributed by atoms with Crippen LogP contribution in [0.1, 0.15) is 25.3 Å². The number of carbonyl (C=O) groups excluding carboxylic acids is 2. The van der Waals surface area contributed by atoms with Gasteiger partial charge in [-0.3, -0.25) is 14.6 Å². The van der Waals surface area contributed by atoms with E-state index < -0.39 is 0 Å². The second-order valence-electron chi connectivity index (χ2n) is 8.48. The number of para-hydroxylation sites is 2. The van der Waals surface area contributed by atoms with Crippen LogP contribution in [0.25, 0.3) is 16.3 Å². The Labute approximate surface area is 193 Å². The second kappa shape index (κ2) is 9.06. The Morgan fingerprint density at radius 1 is 1.12 bits per heavy atom. The lowest BCUT2D eigenvalue weighted by atomic mass is 9.95. The molecule has 3 aromatic rings. The van der Waals surface area contributed by atoms with Crippen molar-refractivity contribution >= 4 is 33.8 Å². The Morgan fingerprint density at radius 3 is 2.76 bits per heavy atom. The van der Waals surface area contributed by atoms with E-state index in [9.17, 15) is 9.59 Å². The molecule has 0 N–H and O–H groups in total. The highest BCUT2D eigenvalue weighted by Gasteiger charge is 2.38. The first-order valence-corrected chi connectivity index (χ1v) is 11.5. The maximum absolute atomic E-state index is 13.3. The molecule has 2 aliphatic heterocycles. The van der Waals surface area contributed by atoms with E-state index in [1.54, 1.807) is 4.90 Å². The third-order valence-electron chi connectivity index (χ3n) is 6.47. The molecule has 0 saturated carbocycles. The summed E-state index contributed by atoms with van der Waals surface area (Å²) in [6.45, 7) is 4.03. The van der Waals surface area contributed by atoms with Crippen molar-refractivity contribution in [1.82, 2.24) is 9.88 Å². The first-order chi connectivity index (χ1) is 16.2. The molecule has 3 heterocycles. The number of nitrogens with zero attached hydrogens (tertiary/aromatic N) is 3. The summed E-state index contributed by atoms with van der Waals surface area (Å²) in [5.74, 6) is 0.360. The van der Waals surface area contributed by atoms with Crippen molar-refractivity contribution in [2.45, 2.75) is 19.8 Å². The highest BCUT2D eigenvalue weighted by atomic mass is 16.5. The Bertz CT molecular complexity index is 1230. The van der Waals surface area contributed by atoms with Gasteiger partial charge in [0.15, 0.2) is 0 Å². The lowest BCUT2D eigenvalue weighted by Gasteiger charge is -2.29. The minimum atomic E-state index is -0.332. The van der Waals surface area contributed by atoms with Crippen LogP contribution in [0.15, 0.2) is 67.0 Å². The number of aromatic nitrogens is 1. The van der Waals surface area contributed by atoms with Crippen molar-refractivity contribution < 1.29 is 14.3 Å². The third kappa shape index (κ3) is 4.09. The zero-order valence-electron chi connectivity index (χ0n) is 18.7. The SMILES string of the molecule is CCOc1ccccc1N1C[C@H](C(=O)N2CC=C(c3cncc4ccccc34)CC2)CC1=O. The number of hydrogen-bond donors (Lipinski definition) is 0. The average Bonchev–Trinajstić information content (AvgIpc) is 3.25. The van der Waals surface area contributed by atoms with Gasteiger partial charge in [-0.15, -0.1) is 0 Å². The Balaban J connectivity index is 1.30. The minimum Gasteiger partial charge on any atom is -0.492 e. The van der Waals surface area contributed by atoms with E-state index >= 15 is 0 Å². The Morgan fingerprint density at radius 2 is 1.94 bits per heavy atom. The quantitative estimate of drug-likeness (QED) is 0.592. The fraction of sp³-hybridized carbons (Fsp3) is 0.296. The van der Waals surface area contributed by atoms with Gasteiger partial charge in [0.05, 0.1) is 18.2 Å². The van der Waals surface area contributed by atoms with E-state index in [1.807, 2.05) is 60.6 Å². The fourth-order valence-corrected chi connectivity index (χ4v) is 4.81. The van der Waals surface area contributed by atoms with Crippen LogP contribution < -0.4 is 9.64 Å². The summed E-state index contributed by atoms with van der Waals surface area (Å²) < 4.78 is 5.69. The maximum atomic E-state index is 13.3. The molecule has 168 valence electrons. The van der Waals surface area contributed by atoms with E-state index in [2.05, 4.69) is 23.2 Å². The number of amides is 2. The molecule has 0 bridgehead atoms. The molecule has 1 fully saturated rings. The lowest BCUT2D eigenvalue weighted by Crippen LogP contribution is -2.40. The largest absolute Gasteiger partial charge is 0.492 e. The number of hydrogen-bond acceptors (Lipinski definition) is 4. The van der Waals surface area contributed by atoms with Crippen LogP contribution in [-0.4, -0.2) is 47.9 Å². The number of carbonyl (C=O) groups is 2. The highest BCUT2D eigenvalue weighted by molar-refractivity contribution is 6.01. The van der Waals surface area contributed by atoms with Crippen LogP contribution >= 0.6 is 0 Å². The van der Waals surface area contributed by atoms with E-state index in [0.717, 1.165) is 23.1 Å². The van der Waals surface area contributed by atoms with Crippen molar-refractivity contribution in [2.75, 3.05) is 31.1 Å². The first kappa shape index (κ1) is 21.2. The second-order valence-corrected chi connectivity index (χ2v) is 8.48. The topological polar surface area (TPSA) is 62.7 Å². The molecule has 6 nitrogen and oxygen atoms in total. The maximum Gasteiger partial charge on any atom is 0.228 e. The molecule has 1 saturated heterocycles. The molecule has 0 unspecified atom stereocenters. The van der Waals surface area contributed by atoms with Gasteiger partial charge in [-0.25, -0.2) is 0 Å². The molecule has 2 aliphatic rings. The van der Waals surface area contributed by atoms with Crippen LogP contribution in [0.4, 0.5) is 5.69 Å². The van der Waals surface area contributed by atoms with Gasteiger partial charge in [0, 0.05) is 49.4 Å². The third-order valence-corrected chi connectivity index (χ3v) is 6.47. The van der Waals surface area contributed by atoms with E-state index in [0.29, 0.717) is 32.0 Å². The van der Waals surface area contributed by atoms with E-state index in [1.165, 1.54) is 11.0 Å². The molecule has 2 amide bonds. The summed E-state index contributed by atoms with van der Waals surface area (Å²) in [7, 11) is 0. The number of anilines is 1. The molecule has 33 heavy (non-hydrogen) atoms. The van der Waals surface area contributed by atoms with Gasteiger partial charge in [0.2, 0.25) is 11.8 Å². The van der Waals surface area contributed by atoms with Crippen LogP contribution in [0.3, 0.4) is 0 Å². The van der Waals surface area contributed by atoms with Crippen molar-refractivity contribution in [2.24, 2.45) is 5.92 Å². The van der Waals surface area contributed by atoms with Gasteiger partial charge in [0.1, 0.15) is 5.75 Å². The standard InChI is InChI=1S/C27H27N3O3/c1-2-33-25-10-6-5-9-24(25)30-18-21(15-26(30)31)27(32)29-13-11-19(12-14-29)23-17-28-16-20-7-3-4-8-22(20)23/h3-11,16-17,21H,2,12-15,18H2,1H3/t21-/m1/s1. The van der Waals surface area contributed by atoms with Gasteiger partial charge in [-0.2, -0.15) is 0 Å². The number of rotatable bonds is 5. The zero-order valence-corrected chi connectivity index (χ0v) is 18.7. The van der Waals surface area contributed by atoms with Crippen LogP contribution in [0.5, 0.6) is 5.75 Å². The summed E-state index contributed by atoms with van der Waals surface area (Å²) in [4.78, 5) is 34.0. The summed E-state index contributed by atoms with van der Waals surface area (Å²) in [5.41, 5.74) is 3.09. The van der Waals surface area contributed by atoms with Crippen LogP contribution in [-0.2, 0) is 9.59 Å². The molecule has 6 heteroatoms. The Hall–Kier alpha value is -3.67. The first-order valence-electron chi connectivity index (χ1n) is 11.5. The average molecular weight is 442 g/mol. The van der Waals surface area contributed by atoms with Crippen molar-refractivity contribution in [3.05, 3.63) is 72.6 Å². The molecule has 1 aromatic heterocycles. The molecule has 2 aromatic carbocycles. The monoisotopic (exact) mass is 441 g/mol. The van der Waals surface area contributed by atoms with Crippen LogP contribution in [0.2, 0.25) is 0 Å². The molecular formula is C27H27N3O3. The minimum absolute atomic E-state index is 0.0319. The predicted octanol–water partition coefficient (Wildman–Crippen LogP) is 4.30. The van der Waals surface area contributed by atoms with Gasteiger partial charge in [0.25, 0.3) is 0 Å². The Kier molecular flexibility index (Phi) is 5.82.